The quantitative estimate of drug-likeness (QED) is 0.220. The van der Waals surface area contributed by atoms with Gasteiger partial charge in [-0.1, -0.05) is 65.0 Å². The number of benzene rings is 2. The van der Waals surface area contributed by atoms with Crippen LogP contribution in [0.4, 0.5) is 5.69 Å². The highest BCUT2D eigenvalue weighted by Gasteiger charge is 2.61. The third-order valence-corrected chi connectivity index (χ3v) is 9.04. The molecule has 1 spiro atoms. The Labute approximate surface area is 265 Å². The summed E-state index contributed by atoms with van der Waals surface area (Å²) in [5.74, 6) is -0.0293. The molecule has 0 saturated heterocycles. The van der Waals surface area contributed by atoms with Crippen LogP contribution in [0.25, 0.3) is 11.6 Å². The Morgan fingerprint density at radius 3 is 2.63 bits per heavy atom. The van der Waals surface area contributed by atoms with Crippen molar-refractivity contribution in [1.29, 1.82) is 0 Å². The number of amides is 2. The van der Waals surface area contributed by atoms with Crippen LogP contribution in [-0.2, 0) is 28.0 Å². The third-order valence-electron chi connectivity index (χ3n) is 9.04. The van der Waals surface area contributed by atoms with Crippen molar-refractivity contribution >= 4 is 17.5 Å². The fraction of sp³-hybridized carbons (Fsp3) is 0.412. The van der Waals surface area contributed by atoms with Crippen molar-refractivity contribution in [2.45, 2.75) is 77.5 Å². The smallest absolute Gasteiger partial charge is 0.249 e. The Kier molecular flexibility index (Phi) is 6.98. The molecule has 2 aromatic carbocycles. The zero-order chi connectivity index (χ0) is 32.5. The minimum atomic E-state index is -1.28. The number of anilines is 1. The highest BCUT2D eigenvalue weighted by atomic mass is 16.5. The van der Waals surface area contributed by atoms with Crippen LogP contribution >= 0.6 is 0 Å². The van der Waals surface area contributed by atoms with Crippen molar-refractivity contribution in [3.05, 3.63) is 82.8 Å². The van der Waals surface area contributed by atoms with Gasteiger partial charge in [0, 0.05) is 17.7 Å². The summed E-state index contributed by atoms with van der Waals surface area (Å²) in [5.41, 5.74) is 2.29. The first-order valence-electron chi connectivity index (χ1n) is 15.4. The van der Waals surface area contributed by atoms with Gasteiger partial charge in [0.25, 0.3) is 0 Å². The summed E-state index contributed by atoms with van der Waals surface area (Å²) in [4.78, 5) is 36.6. The topological polar surface area (TPSA) is 172 Å². The fourth-order valence-electron chi connectivity index (χ4n) is 6.61. The van der Waals surface area contributed by atoms with Crippen molar-refractivity contribution in [3.63, 3.8) is 0 Å². The number of carbonyl (C=O) groups excluding carboxylic acids is 2. The van der Waals surface area contributed by atoms with E-state index in [1.165, 1.54) is 6.26 Å². The minimum Gasteiger partial charge on any atom is -0.469 e. The maximum absolute atomic E-state index is 14.0. The number of hydrogen-bond acceptors (Lipinski definition) is 10. The van der Waals surface area contributed by atoms with Crippen LogP contribution in [0, 0.1) is 11.3 Å². The molecule has 12 heteroatoms. The van der Waals surface area contributed by atoms with E-state index >= 15 is 0 Å². The Hall–Kier alpha value is -4.68. The van der Waals surface area contributed by atoms with Gasteiger partial charge in [0.05, 0.1) is 6.61 Å². The molecule has 46 heavy (non-hydrogen) atoms. The molecular weight excluding hydrogens is 590 g/mol. The normalized spacial score (nSPS) is 23.7. The van der Waals surface area contributed by atoms with Gasteiger partial charge in [-0.25, -0.2) is 9.97 Å². The number of aliphatic hydroxyl groups excluding tert-OH is 2. The largest absolute Gasteiger partial charge is 0.469 e. The molecular formula is C34H37N5O7. The van der Waals surface area contributed by atoms with Crippen LogP contribution in [-0.4, -0.2) is 50.4 Å². The first kappa shape index (κ1) is 30.0. The maximum atomic E-state index is 14.0. The van der Waals surface area contributed by atoms with Gasteiger partial charge in [0.1, 0.15) is 41.3 Å². The maximum Gasteiger partial charge on any atom is 0.249 e. The van der Waals surface area contributed by atoms with Crippen LogP contribution in [0.1, 0.15) is 74.7 Å². The zero-order valence-corrected chi connectivity index (χ0v) is 26.2. The van der Waals surface area contributed by atoms with E-state index in [9.17, 15) is 19.8 Å². The number of aliphatic hydroxyl groups is 2. The summed E-state index contributed by atoms with van der Waals surface area (Å²) in [5, 5.41) is 29.7. The molecule has 5 atom stereocenters. The van der Waals surface area contributed by atoms with E-state index in [2.05, 4.69) is 20.9 Å². The SMILES string of the molecule is CC(C)[C@H](O)C(=O)N[C@H]1Cc2ccc3c(c2)C2(c4ccccc4N[C@@H]2O3)c2oc(nc2-c2nc(CO)co2)[C@H](C(C)(C)C)NC1=O. The lowest BCUT2D eigenvalue weighted by Gasteiger charge is -2.32. The predicted molar refractivity (Wildman–Crippen MR) is 166 cm³/mol. The molecule has 5 heterocycles. The van der Waals surface area contributed by atoms with E-state index in [0.717, 1.165) is 22.4 Å². The van der Waals surface area contributed by atoms with Gasteiger partial charge in [-0.15, -0.1) is 0 Å². The number of para-hydroxylation sites is 1. The fourth-order valence-corrected chi connectivity index (χ4v) is 6.61. The van der Waals surface area contributed by atoms with Crippen LogP contribution in [0.5, 0.6) is 5.75 Å². The monoisotopic (exact) mass is 627 g/mol. The average molecular weight is 628 g/mol. The van der Waals surface area contributed by atoms with Gasteiger partial charge in [-0.05, 0) is 34.6 Å². The molecule has 0 radical (unpaired) electrons. The van der Waals surface area contributed by atoms with Gasteiger partial charge >= 0.3 is 0 Å². The first-order valence-corrected chi connectivity index (χ1v) is 15.4. The Bertz CT molecular complexity index is 1840. The summed E-state index contributed by atoms with van der Waals surface area (Å²) >= 11 is 0. The Balaban J connectivity index is 1.49. The molecule has 0 aliphatic carbocycles. The number of rotatable bonds is 5. The van der Waals surface area contributed by atoms with E-state index in [1.807, 2.05) is 63.2 Å². The van der Waals surface area contributed by atoms with E-state index in [1.54, 1.807) is 13.8 Å². The Morgan fingerprint density at radius 1 is 1.13 bits per heavy atom. The molecule has 12 nitrogen and oxygen atoms in total. The standard InChI is InChI=1S/C34H37N5O7/c1-16(2)25(41)29(43)36-22-13-17-10-11-23-20(12-17)34(19-8-6-7-9-21(19)37-32(34)45-23)27-24(30-35-18(14-40)15-44-30)38-31(46-27)26(33(3,4)5)39-28(22)42/h6-12,15-16,22,25-26,32,37,40-41H,13-14H2,1-5H3,(H,36,43)(H,39,42)/t22-,25-,26+,32+,34?/m0/s1. The van der Waals surface area contributed by atoms with Crippen LogP contribution in [0.15, 0.2) is 57.6 Å². The van der Waals surface area contributed by atoms with Crippen LogP contribution in [0.3, 0.4) is 0 Å². The lowest BCUT2D eigenvalue weighted by atomic mass is 9.72. The van der Waals surface area contributed by atoms with Gasteiger partial charge in [0.2, 0.25) is 23.6 Å². The van der Waals surface area contributed by atoms with Crippen molar-refractivity contribution in [3.8, 4) is 17.3 Å². The molecule has 240 valence electrons. The van der Waals surface area contributed by atoms with Crippen LogP contribution in [0.2, 0.25) is 0 Å². The van der Waals surface area contributed by atoms with Crippen molar-refractivity contribution in [2.75, 3.05) is 5.32 Å². The summed E-state index contributed by atoms with van der Waals surface area (Å²) in [7, 11) is 0. The molecule has 0 saturated carbocycles. The average Bonchev–Trinajstić information content (AvgIpc) is 3.78. The predicted octanol–water partition coefficient (Wildman–Crippen LogP) is 3.56. The van der Waals surface area contributed by atoms with Crippen molar-refractivity contribution < 1.29 is 33.4 Å². The number of ether oxygens (including phenoxy) is 1. The summed E-state index contributed by atoms with van der Waals surface area (Å²) < 4.78 is 19.2. The molecule has 3 aliphatic rings. The number of hydrogen-bond donors (Lipinski definition) is 5. The van der Waals surface area contributed by atoms with E-state index in [4.69, 9.17) is 18.6 Å². The molecule has 0 fully saturated rings. The summed E-state index contributed by atoms with van der Waals surface area (Å²) in [6.07, 6.45) is -0.380. The third kappa shape index (κ3) is 4.58. The van der Waals surface area contributed by atoms with E-state index < -0.39 is 47.1 Å². The summed E-state index contributed by atoms with van der Waals surface area (Å²) in [6, 6.07) is 11.8. The van der Waals surface area contributed by atoms with E-state index in [-0.39, 0.29) is 30.7 Å². The van der Waals surface area contributed by atoms with Gasteiger partial charge < -0.3 is 39.7 Å². The molecule has 2 aromatic heterocycles. The number of nitrogens with zero attached hydrogens (tertiary/aromatic N) is 2. The second-order valence-corrected chi connectivity index (χ2v) is 13.6. The molecule has 2 amide bonds. The van der Waals surface area contributed by atoms with Crippen molar-refractivity contribution in [1.82, 2.24) is 20.6 Å². The van der Waals surface area contributed by atoms with Crippen molar-refractivity contribution in [2.24, 2.45) is 11.3 Å². The number of nitrogens with one attached hydrogen (secondary N) is 3. The molecule has 3 aliphatic heterocycles. The number of fused-ring (bicyclic) bond motifs is 4. The Morgan fingerprint density at radius 2 is 1.91 bits per heavy atom. The van der Waals surface area contributed by atoms with Gasteiger partial charge in [-0.3, -0.25) is 9.59 Å². The number of aromatic nitrogens is 2. The highest BCUT2D eigenvalue weighted by molar-refractivity contribution is 5.90. The van der Waals surface area contributed by atoms with Crippen LogP contribution < -0.4 is 20.7 Å². The zero-order valence-electron chi connectivity index (χ0n) is 26.2. The molecule has 4 bridgehead atoms. The minimum absolute atomic E-state index is 0.151. The van der Waals surface area contributed by atoms with Gasteiger partial charge in [-0.2, -0.15) is 0 Å². The lowest BCUT2D eigenvalue weighted by Crippen LogP contribution is -2.53. The highest BCUT2D eigenvalue weighted by Crippen LogP contribution is 2.59. The van der Waals surface area contributed by atoms with Gasteiger partial charge in [0.15, 0.2) is 17.7 Å². The van der Waals surface area contributed by atoms with E-state index in [0.29, 0.717) is 22.9 Å². The molecule has 4 aromatic rings. The molecule has 5 N–H and O–H groups in total. The lowest BCUT2D eigenvalue weighted by molar-refractivity contribution is -0.136. The second-order valence-electron chi connectivity index (χ2n) is 13.6. The number of carbonyl (C=O) groups is 2. The second kappa shape index (κ2) is 10.7. The first-order chi connectivity index (χ1) is 21.9. The molecule has 7 rings (SSSR count). The summed E-state index contributed by atoms with van der Waals surface area (Å²) in [6.45, 7) is 9.00. The number of oxazole rings is 2. The molecule has 1 unspecified atom stereocenters.